The van der Waals surface area contributed by atoms with E-state index in [-0.39, 0.29) is 19.0 Å². The van der Waals surface area contributed by atoms with Crippen LogP contribution in [-0.2, 0) is 47.5 Å². The highest BCUT2D eigenvalue weighted by atomic mass is 32.2. The normalized spacial score (nSPS) is 14.8. The minimum atomic E-state index is -1.51. The van der Waals surface area contributed by atoms with Gasteiger partial charge in [-0.3, -0.25) is 9.00 Å². The zero-order valence-electron chi connectivity index (χ0n) is 27.1. The average molecular weight is 687 g/mol. The predicted molar refractivity (Wildman–Crippen MR) is 179 cm³/mol. The van der Waals surface area contributed by atoms with Gasteiger partial charge in [0.25, 0.3) is 6.47 Å². The molecule has 0 saturated heterocycles. The Bertz CT molecular complexity index is 1260. The quantitative estimate of drug-likeness (QED) is 0.106. The number of carbonyl (C=O) groups excluding carboxylic acids is 1. The maximum atomic E-state index is 13.6. The zero-order chi connectivity index (χ0) is 33.2. The molecule has 2 aromatic carbocycles. The first-order valence-corrected chi connectivity index (χ1v) is 18.6. The highest BCUT2D eigenvalue weighted by Crippen LogP contribution is 2.44. The minimum absolute atomic E-state index is 0.0317. The van der Waals surface area contributed by atoms with Crippen molar-refractivity contribution in [3.63, 3.8) is 0 Å². The highest BCUT2D eigenvalue weighted by molar-refractivity contribution is 7.84. The molecule has 9 nitrogen and oxygen atoms in total. The Balaban J connectivity index is 0.000000314. The van der Waals surface area contributed by atoms with Crippen LogP contribution in [-0.4, -0.2) is 62.7 Å². The summed E-state index contributed by atoms with van der Waals surface area (Å²) in [6.45, 7) is 14.0. The van der Waals surface area contributed by atoms with Gasteiger partial charge in [0.05, 0.1) is 33.0 Å². The van der Waals surface area contributed by atoms with Crippen LogP contribution in [0.5, 0.6) is 0 Å². The Labute approximate surface area is 271 Å². The third kappa shape index (κ3) is 13.0. The van der Waals surface area contributed by atoms with Crippen molar-refractivity contribution in [3.05, 3.63) is 70.5 Å². The molecule has 2 atom stereocenters. The molecule has 0 heterocycles. The molecule has 0 N–H and O–H groups in total. The molecule has 0 amide bonds. The predicted octanol–water partition coefficient (Wildman–Crippen LogP) is 8.46. The Morgan fingerprint density at radius 1 is 0.822 bits per heavy atom. The number of allylic oxidation sites excluding steroid dienone is 3. The van der Waals surface area contributed by atoms with Crippen molar-refractivity contribution in [1.82, 2.24) is 0 Å². The molecule has 0 spiro atoms. The van der Waals surface area contributed by atoms with E-state index in [1.54, 1.807) is 12.3 Å². The molecule has 45 heavy (non-hydrogen) atoms. The van der Waals surface area contributed by atoms with Crippen molar-refractivity contribution >= 4 is 51.7 Å². The van der Waals surface area contributed by atoms with Crippen molar-refractivity contribution < 1.29 is 45.3 Å². The van der Waals surface area contributed by atoms with Crippen molar-refractivity contribution in [3.8, 4) is 0 Å². The molecule has 13 heteroatoms. The summed E-state index contributed by atoms with van der Waals surface area (Å²) < 4.78 is 62.4. The van der Waals surface area contributed by atoms with Gasteiger partial charge in [-0.25, -0.2) is 4.39 Å². The van der Waals surface area contributed by atoms with Gasteiger partial charge in [-0.15, -0.1) is 0 Å². The topological polar surface area (TPSA) is 98.8 Å². The monoisotopic (exact) mass is 686 g/mol. The lowest BCUT2D eigenvalue weighted by Crippen LogP contribution is -2.24. The van der Waals surface area contributed by atoms with Crippen LogP contribution in [0.3, 0.4) is 0 Å². The molecule has 250 valence electrons. The summed E-state index contributed by atoms with van der Waals surface area (Å²) >= 11 is 0. The van der Waals surface area contributed by atoms with Crippen molar-refractivity contribution in [1.29, 1.82) is 0 Å². The van der Waals surface area contributed by atoms with E-state index in [1.165, 1.54) is 17.2 Å². The summed E-state index contributed by atoms with van der Waals surface area (Å²) in [5, 5.41) is 0. The van der Waals surface area contributed by atoms with E-state index in [1.807, 2.05) is 58.0 Å². The van der Waals surface area contributed by atoms with Gasteiger partial charge >= 0.3 is 17.2 Å². The molecule has 0 bridgehead atoms. The van der Waals surface area contributed by atoms with Crippen LogP contribution in [0.4, 0.5) is 4.39 Å². The summed E-state index contributed by atoms with van der Waals surface area (Å²) in [5.74, 6) is -0.196. The van der Waals surface area contributed by atoms with Crippen LogP contribution >= 0.6 is 17.2 Å². The van der Waals surface area contributed by atoms with Gasteiger partial charge in [-0.05, 0) is 105 Å². The van der Waals surface area contributed by atoms with Gasteiger partial charge in [0.1, 0.15) is 18.5 Å². The molecular formula is C32H45FO9P2S. The number of hydrogen-bond donors (Lipinski definition) is 0. The lowest BCUT2D eigenvalue weighted by Gasteiger charge is -2.23. The summed E-state index contributed by atoms with van der Waals surface area (Å²) in [7, 11) is -3.93. The molecule has 0 fully saturated rings. The fourth-order valence-corrected chi connectivity index (χ4v) is 6.72. The number of ether oxygens (including phenoxy) is 1. The second-order valence-corrected chi connectivity index (χ2v) is 13.1. The molecule has 2 aromatic rings. The first-order valence-electron chi connectivity index (χ1n) is 14.8. The molecule has 2 unspecified atom stereocenters. The van der Waals surface area contributed by atoms with Crippen LogP contribution in [0.25, 0.3) is 17.2 Å². The number of rotatable bonds is 19. The summed E-state index contributed by atoms with van der Waals surface area (Å²) in [4.78, 5) is 11.2. The maximum absolute atomic E-state index is 13.6. The molecule has 1 aliphatic carbocycles. The number of fused-ring (bicyclic) bond motifs is 1. The number of hydrogen-bond acceptors (Lipinski definition) is 9. The minimum Gasteiger partial charge on any atom is -0.465 e. The molecule has 3 rings (SSSR count). The molecule has 0 saturated carbocycles. The Morgan fingerprint density at radius 3 is 1.96 bits per heavy atom. The summed E-state index contributed by atoms with van der Waals surface area (Å²) in [6.07, 6.45) is 4.15. The summed E-state index contributed by atoms with van der Waals surface area (Å²) in [6, 6.07) is 12.7. The maximum Gasteiger partial charge on any atom is 0.333 e. The third-order valence-corrected chi connectivity index (χ3v) is 9.86. The fraction of sp³-hybridized carbons (Fsp3) is 0.469. The Morgan fingerprint density at radius 2 is 1.42 bits per heavy atom. The fourth-order valence-electron chi connectivity index (χ4n) is 4.28. The Hall–Kier alpha value is -1.91. The van der Waals surface area contributed by atoms with Crippen LogP contribution in [0.2, 0.25) is 0 Å². The molecule has 0 aromatic heterocycles. The van der Waals surface area contributed by atoms with Gasteiger partial charge in [-0.2, -0.15) is 0 Å². The highest BCUT2D eigenvalue weighted by Gasteiger charge is 2.24. The third-order valence-electron chi connectivity index (χ3n) is 6.22. The van der Waals surface area contributed by atoms with Crippen molar-refractivity contribution in [2.45, 2.75) is 59.0 Å². The first kappa shape index (κ1) is 39.3. The second kappa shape index (κ2) is 21.8. The average Bonchev–Trinajstić information content (AvgIpc) is 3.28. The van der Waals surface area contributed by atoms with Crippen LogP contribution in [0.1, 0.15) is 64.7 Å². The van der Waals surface area contributed by atoms with Gasteiger partial charge in [0.15, 0.2) is 0 Å². The van der Waals surface area contributed by atoms with E-state index in [2.05, 4.69) is 19.9 Å². The molecular weight excluding hydrogens is 641 g/mol. The zero-order valence-corrected chi connectivity index (χ0v) is 29.7. The molecule has 1 aliphatic rings. The van der Waals surface area contributed by atoms with Crippen molar-refractivity contribution in [2.24, 2.45) is 0 Å². The van der Waals surface area contributed by atoms with Gasteiger partial charge in [0, 0.05) is 22.0 Å². The SMILES string of the molecule is CCC1=C(C)/C(=C/c2ccc(S(C)=O)cc2)c2ccc(F)cc21.CCOP(OCC)OCC(COC=O)OP(OCC)OCC. The van der Waals surface area contributed by atoms with E-state index in [4.69, 9.17) is 31.9 Å². The van der Waals surface area contributed by atoms with E-state index in [0.29, 0.717) is 32.9 Å². The lowest BCUT2D eigenvalue weighted by atomic mass is 10.0. The van der Waals surface area contributed by atoms with E-state index >= 15 is 0 Å². The summed E-state index contributed by atoms with van der Waals surface area (Å²) in [5.41, 5.74) is 6.70. The lowest BCUT2D eigenvalue weighted by molar-refractivity contribution is -0.131. The van der Waals surface area contributed by atoms with Gasteiger partial charge in [0.2, 0.25) is 0 Å². The largest absolute Gasteiger partial charge is 0.465 e. The number of carbonyl (C=O) groups is 1. The standard InChI is InChI=1S/C20H19FOS.C12H26O8P2/c1-4-17-13(2)19(18-10-7-15(21)12-20(17)18)11-14-5-8-16(9-6-14)23(3)22;1-5-15-21(16-6-2)19-10-12(9-14-11-13)20-22(17-7-3)18-8-4/h5-12H,4H2,1-3H3;11-12H,5-10H2,1-4H3/b19-11-;. The van der Waals surface area contributed by atoms with E-state index in [9.17, 15) is 13.4 Å². The number of halogens is 1. The number of benzene rings is 2. The van der Waals surface area contributed by atoms with Crippen molar-refractivity contribution in [2.75, 3.05) is 45.9 Å². The first-order chi connectivity index (χ1) is 21.7. The molecule has 0 aliphatic heterocycles. The van der Waals surface area contributed by atoms with Gasteiger partial charge < -0.3 is 31.9 Å². The van der Waals surface area contributed by atoms with Gasteiger partial charge in [-0.1, -0.05) is 25.1 Å². The van der Waals surface area contributed by atoms with Crippen LogP contribution < -0.4 is 0 Å². The smallest absolute Gasteiger partial charge is 0.333 e. The molecule has 0 radical (unpaired) electrons. The Kier molecular flexibility index (Phi) is 19.0. The van der Waals surface area contributed by atoms with E-state index < -0.39 is 34.1 Å². The van der Waals surface area contributed by atoms with E-state index in [0.717, 1.165) is 33.6 Å². The second-order valence-electron chi connectivity index (χ2n) is 9.30. The van der Waals surface area contributed by atoms with Crippen LogP contribution in [0, 0.1) is 5.82 Å². The van der Waals surface area contributed by atoms with Crippen LogP contribution in [0.15, 0.2) is 52.9 Å².